The van der Waals surface area contributed by atoms with Crippen molar-refractivity contribution in [1.29, 1.82) is 0 Å². The Bertz CT molecular complexity index is 605. The first-order valence-corrected chi connectivity index (χ1v) is 7.42. The Morgan fingerprint density at radius 3 is 2.57 bits per heavy atom. The quantitative estimate of drug-likeness (QED) is 0.796. The predicted molar refractivity (Wildman–Crippen MR) is 84.1 cm³/mol. The standard InChI is InChI=1S/C16H17BrFNO2/c1-11(19)12-5-6-16(15(18)9-12)21-8-7-20-14-4-2-3-13(17)10-14/h2-6,9-11H,7-8,19H2,1H3/t11-/m0/s1. The third-order valence-corrected chi connectivity index (χ3v) is 3.38. The molecule has 0 aliphatic heterocycles. The topological polar surface area (TPSA) is 44.5 Å². The van der Waals surface area contributed by atoms with E-state index in [-0.39, 0.29) is 18.4 Å². The maximum atomic E-state index is 13.8. The molecule has 1 atom stereocenters. The number of hydrogen-bond acceptors (Lipinski definition) is 3. The number of rotatable bonds is 6. The van der Waals surface area contributed by atoms with Crippen LogP contribution in [0.2, 0.25) is 0 Å². The zero-order chi connectivity index (χ0) is 15.2. The summed E-state index contributed by atoms with van der Waals surface area (Å²) in [5.41, 5.74) is 6.44. The van der Waals surface area contributed by atoms with Gasteiger partial charge >= 0.3 is 0 Å². The molecule has 0 aliphatic carbocycles. The van der Waals surface area contributed by atoms with Crippen LogP contribution in [0.1, 0.15) is 18.5 Å². The van der Waals surface area contributed by atoms with Gasteiger partial charge in [-0.3, -0.25) is 0 Å². The van der Waals surface area contributed by atoms with Crippen molar-refractivity contribution in [3.8, 4) is 11.5 Å². The fraction of sp³-hybridized carbons (Fsp3) is 0.250. The van der Waals surface area contributed by atoms with Gasteiger partial charge in [0.25, 0.3) is 0 Å². The van der Waals surface area contributed by atoms with Crippen LogP contribution in [-0.4, -0.2) is 13.2 Å². The van der Waals surface area contributed by atoms with E-state index in [1.807, 2.05) is 24.3 Å². The molecule has 3 nitrogen and oxygen atoms in total. The molecule has 2 N–H and O–H groups in total. The van der Waals surface area contributed by atoms with Crippen molar-refractivity contribution in [2.24, 2.45) is 5.73 Å². The van der Waals surface area contributed by atoms with Gasteiger partial charge in [0.1, 0.15) is 19.0 Å². The highest BCUT2D eigenvalue weighted by Crippen LogP contribution is 2.21. The molecule has 0 aromatic heterocycles. The first-order valence-electron chi connectivity index (χ1n) is 6.62. The third kappa shape index (κ3) is 4.72. The van der Waals surface area contributed by atoms with Crippen LogP contribution in [0.15, 0.2) is 46.9 Å². The molecule has 112 valence electrons. The van der Waals surface area contributed by atoms with Crippen LogP contribution in [0.3, 0.4) is 0 Å². The average molecular weight is 354 g/mol. The highest BCUT2D eigenvalue weighted by molar-refractivity contribution is 9.10. The van der Waals surface area contributed by atoms with Gasteiger partial charge in [-0.2, -0.15) is 0 Å². The molecule has 2 aromatic carbocycles. The highest BCUT2D eigenvalue weighted by atomic mass is 79.9. The molecule has 0 saturated carbocycles. The first kappa shape index (κ1) is 15.8. The molecule has 2 aromatic rings. The van der Waals surface area contributed by atoms with Crippen LogP contribution in [0, 0.1) is 5.82 Å². The van der Waals surface area contributed by atoms with E-state index in [4.69, 9.17) is 15.2 Å². The minimum atomic E-state index is -0.410. The van der Waals surface area contributed by atoms with Gasteiger partial charge in [-0.05, 0) is 42.8 Å². The molecule has 0 unspecified atom stereocenters. The zero-order valence-corrected chi connectivity index (χ0v) is 13.3. The summed E-state index contributed by atoms with van der Waals surface area (Å²) in [6, 6.07) is 12.1. The van der Waals surface area contributed by atoms with Crippen LogP contribution in [-0.2, 0) is 0 Å². The Balaban J connectivity index is 1.83. The average Bonchev–Trinajstić information content (AvgIpc) is 2.45. The van der Waals surface area contributed by atoms with Gasteiger partial charge < -0.3 is 15.2 Å². The smallest absolute Gasteiger partial charge is 0.165 e. The molecular weight excluding hydrogens is 337 g/mol. The van der Waals surface area contributed by atoms with Gasteiger partial charge in [0.05, 0.1) is 0 Å². The maximum absolute atomic E-state index is 13.8. The molecule has 21 heavy (non-hydrogen) atoms. The monoisotopic (exact) mass is 353 g/mol. The molecule has 0 spiro atoms. The number of halogens is 2. The Kier molecular flexibility index (Phi) is 5.59. The molecule has 0 fully saturated rings. The van der Waals surface area contributed by atoms with Gasteiger partial charge in [-0.15, -0.1) is 0 Å². The van der Waals surface area contributed by atoms with E-state index >= 15 is 0 Å². The number of nitrogens with two attached hydrogens (primary N) is 1. The maximum Gasteiger partial charge on any atom is 0.165 e. The van der Waals surface area contributed by atoms with Crippen LogP contribution in [0.25, 0.3) is 0 Å². The summed E-state index contributed by atoms with van der Waals surface area (Å²) in [7, 11) is 0. The molecule has 0 aliphatic rings. The Morgan fingerprint density at radius 1 is 1.14 bits per heavy atom. The van der Waals surface area contributed by atoms with Gasteiger partial charge in [-0.1, -0.05) is 28.1 Å². The highest BCUT2D eigenvalue weighted by Gasteiger charge is 2.07. The molecule has 0 bridgehead atoms. The van der Waals surface area contributed by atoms with Crippen LogP contribution < -0.4 is 15.2 Å². The van der Waals surface area contributed by atoms with Gasteiger partial charge in [-0.25, -0.2) is 4.39 Å². The van der Waals surface area contributed by atoms with Crippen molar-refractivity contribution < 1.29 is 13.9 Å². The summed E-state index contributed by atoms with van der Waals surface area (Å²) in [6.07, 6.45) is 0. The van der Waals surface area contributed by atoms with Crippen molar-refractivity contribution >= 4 is 15.9 Å². The third-order valence-electron chi connectivity index (χ3n) is 2.89. The Morgan fingerprint density at radius 2 is 1.90 bits per heavy atom. The molecule has 0 amide bonds. The van der Waals surface area contributed by atoms with Crippen LogP contribution in [0.5, 0.6) is 11.5 Å². The van der Waals surface area contributed by atoms with Crippen molar-refractivity contribution in [2.75, 3.05) is 13.2 Å². The lowest BCUT2D eigenvalue weighted by molar-refractivity contribution is 0.211. The van der Waals surface area contributed by atoms with E-state index < -0.39 is 5.82 Å². The first-order chi connectivity index (χ1) is 10.1. The van der Waals surface area contributed by atoms with E-state index in [1.54, 1.807) is 19.1 Å². The second-order valence-corrected chi connectivity index (χ2v) is 5.55. The number of hydrogen-bond donors (Lipinski definition) is 1. The molecule has 5 heteroatoms. The zero-order valence-electron chi connectivity index (χ0n) is 11.7. The minimum absolute atomic E-state index is 0.201. The summed E-state index contributed by atoms with van der Waals surface area (Å²) in [5.74, 6) is 0.533. The second kappa shape index (κ2) is 7.43. The van der Waals surface area contributed by atoms with Crippen molar-refractivity contribution in [3.05, 3.63) is 58.3 Å². The fourth-order valence-corrected chi connectivity index (χ4v) is 2.16. The van der Waals surface area contributed by atoms with E-state index in [0.717, 1.165) is 15.8 Å². The Labute approximate surface area is 132 Å². The minimum Gasteiger partial charge on any atom is -0.490 e. The summed E-state index contributed by atoms with van der Waals surface area (Å²) < 4.78 is 25.6. The fourth-order valence-electron chi connectivity index (χ4n) is 1.79. The lowest BCUT2D eigenvalue weighted by atomic mass is 10.1. The van der Waals surface area contributed by atoms with Crippen molar-refractivity contribution in [3.63, 3.8) is 0 Å². The molecule has 2 rings (SSSR count). The van der Waals surface area contributed by atoms with Gasteiger partial charge in [0.15, 0.2) is 11.6 Å². The number of ether oxygens (including phenoxy) is 2. The molecule has 0 heterocycles. The van der Waals surface area contributed by atoms with Crippen molar-refractivity contribution in [1.82, 2.24) is 0 Å². The lowest BCUT2D eigenvalue weighted by Gasteiger charge is -2.11. The normalized spacial score (nSPS) is 12.0. The summed E-state index contributed by atoms with van der Waals surface area (Å²) in [6.45, 7) is 2.41. The van der Waals surface area contributed by atoms with Crippen LogP contribution in [0.4, 0.5) is 4.39 Å². The van der Waals surface area contributed by atoms with Gasteiger partial charge in [0, 0.05) is 10.5 Å². The van der Waals surface area contributed by atoms with E-state index in [2.05, 4.69) is 15.9 Å². The van der Waals surface area contributed by atoms with Crippen molar-refractivity contribution in [2.45, 2.75) is 13.0 Å². The van der Waals surface area contributed by atoms with E-state index in [0.29, 0.717) is 6.61 Å². The SMILES string of the molecule is C[C@H](N)c1ccc(OCCOc2cccc(Br)c2)c(F)c1. The van der Waals surface area contributed by atoms with Crippen LogP contribution >= 0.6 is 15.9 Å². The van der Waals surface area contributed by atoms with E-state index in [9.17, 15) is 4.39 Å². The summed E-state index contributed by atoms with van der Waals surface area (Å²) in [4.78, 5) is 0. The second-order valence-electron chi connectivity index (χ2n) is 4.63. The lowest BCUT2D eigenvalue weighted by Crippen LogP contribution is -2.10. The molecular formula is C16H17BrFNO2. The summed E-state index contributed by atoms with van der Waals surface area (Å²) >= 11 is 3.36. The Hall–Kier alpha value is -1.59. The molecule has 0 saturated heterocycles. The molecule has 0 radical (unpaired) electrons. The predicted octanol–water partition coefficient (Wildman–Crippen LogP) is 4.07. The van der Waals surface area contributed by atoms with E-state index in [1.165, 1.54) is 6.07 Å². The number of benzene rings is 2. The van der Waals surface area contributed by atoms with Gasteiger partial charge in [0.2, 0.25) is 0 Å². The summed E-state index contributed by atoms with van der Waals surface area (Å²) in [5, 5.41) is 0. The largest absolute Gasteiger partial charge is 0.490 e.